The summed E-state index contributed by atoms with van der Waals surface area (Å²) < 4.78 is 12.1. The van der Waals surface area contributed by atoms with E-state index in [1.165, 1.54) is 4.09 Å². The third kappa shape index (κ3) is 2.87. The minimum atomic E-state index is 0.299. The van der Waals surface area contributed by atoms with Crippen LogP contribution in [0, 0.1) is 0 Å². The molecule has 0 saturated carbocycles. The molecule has 0 atom stereocenters. The second kappa shape index (κ2) is 5.33. The summed E-state index contributed by atoms with van der Waals surface area (Å²) >= 11 is 10.1. The summed E-state index contributed by atoms with van der Waals surface area (Å²) in [5.74, 6) is 1.18. The van der Waals surface area contributed by atoms with Gasteiger partial charge in [-0.2, -0.15) is 0 Å². The molecule has 0 fully saturated rings. The topological polar surface area (TPSA) is 36.3 Å². The Labute approximate surface area is 110 Å². The van der Waals surface area contributed by atoms with E-state index in [1.807, 2.05) is 12.1 Å². The lowest BCUT2D eigenvalue weighted by molar-refractivity contribution is 0.285. The summed E-state index contributed by atoms with van der Waals surface area (Å²) in [6.07, 6.45) is 1.68. The maximum atomic E-state index is 6.08. The van der Waals surface area contributed by atoms with Crippen LogP contribution in [0.15, 0.2) is 30.5 Å². The normalized spacial score (nSPS) is 10.3. The monoisotopic (exact) mass is 270 g/mol. The number of ether oxygens (including phenoxy) is 2. The van der Waals surface area contributed by atoms with E-state index in [0.29, 0.717) is 23.3 Å². The van der Waals surface area contributed by atoms with Crippen molar-refractivity contribution in [3.63, 3.8) is 0 Å². The Balaban J connectivity index is 2.13. The summed E-state index contributed by atoms with van der Waals surface area (Å²) in [7, 11) is 1.59. The van der Waals surface area contributed by atoms with Crippen molar-refractivity contribution in [1.29, 1.82) is 0 Å². The van der Waals surface area contributed by atoms with Crippen molar-refractivity contribution < 1.29 is 9.47 Å². The highest BCUT2D eigenvalue weighted by atomic mass is 35.5. The number of benzene rings is 1. The van der Waals surface area contributed by atoms with Gasteiger partial charge in [-0.1, -0.05) is 17.7 Å². The summed E-state index contributed by atoms with van der Waals surface area (Å²) in [6.45, 7) is 0.299. The minimum Gasteiger partial charge on any atom is -0.496 e. The highest BCUT2D eigenvalue weighted by Crippen LogP contribution is 2.27. The van der Waals surface area contributed by atoms with E-state index in [-0.39, 0.29) is 0 Å². The minimum absolute atomic E-state index is 0.299. The zero-order valence-electron chi connectivity index (χ0n) is 9.13. The van der Waals surface area contributed by atoms with Crippen LogP contribution in [0.4, 0.5) is 0 Å². The van der Waals surface area contributed by atoms with Crippen molar-refractivity contribution in [3.05, 3.63) is 41.0 Å². The van der Waals surface area contributed by atoms with Gasteiger partial charge in [0.25, 0.3) is 0 Å². The number of methoxy groups -OCH3 is 1. The van der Waals surface area contributed by atoms with E-state index in [0.717, 1.165) is 5.56 Å². The van der Waals surface area contributed by atoms with E-state index in [2.05, 4.69) is 17.9 Å². The fourth-order valence-electron chi connectivity index (χ4n) is 1.39. The molecule has 0 aliphatic heterocycles. The van der Waals surface area contributed by atoms with Crippen molar-refractivity contribution in [2.24, 2.45) is 0 Å². The number of rotatable bonds is 4. The Hall–Kier alpha value is -1.33. The van der Waals surface area contributed by atoms with Gasteiger partial charge in [0.2, 0.25) is 5.88 Å². The van der Waals surface area contributed by atoms with Gasteiger partial charge in [-0.3, -0.25) is 0 Å². The Morgan fingerprint density at radius 2 is 2.24 bits per heavy atom. The number of nitrogens with zero attached hydrogens (tertiary/aromatic N) is 2. The summed E-state index contributed by atoms with van der Waals surface area (Å²) in [5, 5.41) is 4.59. The molecule has 0 bridgehead atoms. The molecule has 1 aromatic heterocycles. The molecule has 4 nitrogen and oxygen atoms in total. The Bertz CT molecular complexity index is 516. The fourth-order valence-corrected chi connectivity index (χ4v) is 1.77. The number of aromatic nitrogens is 2. The van der Waals surface area contributed by atoms with Crippen LogP contribution in [0.2, 0.25) is 5.02 Å². The van der Waals surface area contributed by atoms with E-state index >= 15 is 0 Å². The molecular weight excluding hydrogens is 260 g/mol. The zero-order valence-corrected chi connectivity index (χ0v) is 10.8. The Morgan fingerprint density at radius 1 is 1.41 bits per heavy atom. The van der Waals surface area contributed by atoms with Crippen molar-refractivity contribution in [2.75, 3.05) is 7.11 Å². The molecule has 0 radical (unpaired) electrons. The number of halogens is 1. The highest BCUT2D eigenvalue weighted by Gasteiger charge is 2.09. The van der Waals surface area contributed by atoms with E-state index in [9.17, 15) is 0 Å². The van der Waals surface area contributed by atoms with Crippen molar-refractivity contribution in [2.45, 2.75) is 6.61 Å². The van der Waals surface area contributed by atoms with E-state index < -0.39 is 0 Å². The average molecular weight is 271 g/mol. The molecule has 17 heavy (non-hydrogen) atoms. The largest absolute Gasteiger partial charge is 0.496 e. The molecular formula is C11H11ClN2O2S. The molecule has 2 rings (SSSR count). The molecule has 0 spiro atoms. The van der Waals surface area contributed by atoms with Crippen molar-refractivity contribution >= 4 is 24.4 Å². The van der Waals surface area contributed by atoms with Crippen LogP contribution in [-0.2, 0) is 6.61 Å². The SMILES string of the molecule is COc1cccc(Cl)c1COc1ccn(S)n1. The standard InChI is InChI=1S/C11H11ClN2O2S/c1-15-10-4-2-3-9(12)8(10)7-16-11-5-6-14(17)13-11/h2-6,17H,7H2,1H3. The fraction of sp³-hybridized carbons (Fsp3) is 0.182. The average Bonchev–Trinajstić information content (AvgIpc) is 2.73. The molecule has 0 unspecified atom stereocenters. The quantitative estimate of drug-likeness (QED) is 0.868. The lowest BCUT2D eigenvalue weighted by Crippen LogP contribution is -2.00. The first-order valence-corrected chi connectivity index (χ1v) is 5.67. The number of hydrogen-bond acceptors (Lipinski definition) is 4. The van der Waals surface area contributed by atoms with Crippen LogP contribution in [0.3, 0.4) is 0 Å². The number of thiol groups is 1. The van der Waals surface area contributed by atoms with Crippen LogP contribution in [0.1, 0.15) is 5.56 Å². The summed E-state index contributed by atoms with van der Waals surface area (Å²) in [5.41, 5.74) is 0.797. The van der Waals surface area contributed by atoms with Gasteiger partial charge in [-0.25, -0.2) is 4.09 Å². The van der Waals surface area contributed by atoms with Crippen LogP contribution in [0.25, 0.3) is 0 Å². The Morgan fingerprint density at radius 3 is 2.88 bits per heavy atom. The third-order valence-corrected chi connectivity index (χ3v) is 2.79. The van der Waals surface area contributed by atoms with Crippen LogP contribution in [0.5, 0.6) is 11.6 Å². The predicted molar refractivity (Wildman–Crippen MR) is 68.9 cm³/mol. The second-order valence-corrected chi connectivity index (χ2v) is 4.10. The van der Waals surface area contributed by atoms with Crippen molar-refractivity contribution in [1.82, 2.24) is 9.19 Å². The first kappa shape index (κ1) is 12.1. The van der Waals surface area contributed by atoms with Gasteiger partial charge >= 0.3 is 0 Å². The van der Waals surface area contributed by atoms with Crippen molar-refractivity contribution in [3.8, 4) is 11.6 Å². The van der Waals surface area contributed by atoms with Gasteiger partial charge in [0.1, 0.15) is 12.4 Å². The van der Waals surface area contributed by atoms with Crippen LogP contribution in [-0.4, -0.2) is 16.3 Å². The van der Waals surface area contributed by atoms with Gasteiger partial charge in [-0.05, 0) is 24.9 Å². The van der Waals surface area contributed by atoms with E-state index in [1.54, 1.807) is 25.4 Å². The third-order valence-electron chi connectivity index (χ3n) is 2.21. The van der Waals surface area contributed by atoms with E-state index in [4.69, 9.17) is 21.1 Å². The van der Waals surface area contributed by atoms with Gasteiger partial charge < -0.3 is 9.47 Å². The smallest absolute Gasteiger partial charge is 0.234 e. The molecule has 0 N–H and O–H groups in total. The summed E-state index contributed by atoms with van der Waals surface area (Å²) in [6, 6.07) is 7.17. The molecule has 2 aromatic rings. The molecule has 0 aliphatic rings. The van der Waals surface area contributed by atoms with Gasteiger partial charge in [-0.15, -0.1) is 5.10 Å². The molecule has 0 amide bonds. The molecule has 90 valence electrons. The predicted octanol–water partition coefficient (Wildman–Crippen LogP) is 2.82. The van der Waals surface area contributed by atoms with Crippen LogP contribution < -0.4 is 9.47 Å². The first-order chi connectivity index (χ1) is 8.20. The lowest BCUT2D eigenvalue weighted by Gasteiger charge is -2.10. The second-order valence-electron chi connectivity index (χ2n) is 3.28. The molecule has 1 heterocycles. The molecule has 6 heteroatoms. The maximum absolute atomic E-state index is 6.08. The van der Waals surface area contributed by atoms with Gasteiger partial charge in [0.15, 0.2) is 0 Å². The first-order valence-electron chi connectivity index (χ1n) is 4.90. The maximum Gasteiger partial charge on any atom is 0.234 e. The lowest BCUT2D eigenvalue weighted by atomic mass is 10.2. The number of hydrogen-bond donors (Lipinski definition) is 1. The molecule has 1 aromatic carbocycles. The molecule has 0 aliphatic carbocycles. The summed E-state index contributed by atoms with van der Waals surface area (Å²) in [4.78, 5) is 0. The van der Waals surface area contributed by atoms with Gasteiger partial charge in [0, 0.05) is 12.3 Å². The molecule has 0 saturated heterocycles. The highest BCUT2D eigenvalue weighted by molar-refractivity contribution is 7.78. The Kier molecular flexibility index (Phi) is 3.81. The van der Waals surface area contributed by atoms with Gasteiger partial charge in [0.05, 0.1) is 17.7 Å². The zero-order chi connectivity index (χ0) is 12.3. The van der Waals surface area contributed by atoms with Crippen LogP contribution >= 0.6 is 24.4 Å².